The number of benzene rings is 10. The second kappa shape index (κ2) is 15.5. The molecule has 12 aromatic rings. The standard InChI is InChI=1S/C67H56N2O2/c1-65(2,3)55-27-15-23-49-51-25-17-29-59(63(51)70-61(49)55)68(45-19-11-9-12-20-45)47-33-31-41-37-53-54-38-42-32-34-48(36-44(42)40-58(54)67(7,8)57(53)39-43(41)35-47)69(46-21-13-10-14-22-46)60-30-18-26-52-50-24-16-28-56(66(4,5)6)62(50)71-64(52)60/h9-40H,1-8H3. The molecule has 346 valence electrons. The third-order valence-electron chi connectivity index (χ3n) is 15.2. The van der Waals surface area contributed by atoms with Gasteiger partial charge in [-0.15, -0.1) is 0 Å². The molecule has 2 aromatic heterocycles. The molecule has 71 heavy (non-hydrogen) atoms. The average Bonchev–Trinajstić information content (AvgIpc) is 4.01. The minimum absolute atomic E-state index is 0.0678. The highest BCUT2D eigenvalue weighted by Gasteiger charge is 2.36. The maximum absolute atomic E-state index is 6.97. The molecule has 0 aliphatic heterocycles. The fourth-order valence-corrected chi connectivity index (χ4v) is 11.6. The summed E-state index contributed by atoms with van der Waals surface area (Å²) in [5.41, 5.74) is 17.3. The highest BCUT2D eigenvalue weighted by molar-refractivity contribution is 6.13. The first-order chi connectivity index (χ1) is 34.2. The highest BCUT2D eigenvalue weighted by atomic mass is 16.3. The van der Waals surface area contributed by atoms with E-state index in [0.29, 0.717) is 0 Å². The van der Waals surface area contributed by atoms with Crippen LogP contribution in [0.5, 0.6) is 0 Å². The van der Waals surface area contributed by atoms with Gasteiger partial charge in [-0.3, -0.25) is 0 Å². The molecule has 0 unspecified atom stereocenters. The van der Waals surface area contributed by atoms with Crippen LogP contribution in [0.3, 0.4) is 0 Å². The molecule has 4 nitrogen and oxygen atoms in total. The van der Waals surface area contributed by atoms with Crippen molar-refractivity contribution in [1.82, 2.24) is 0 Å². The first kappa shape index (κ1) is 43.0. The summed E-state index contributed by atoms with van der Waals surface area (Å²) in [6, 6.07) is 71.1. The molecule has 0 amide bonds. The Kier molecular flexibility index (Phi) is 9.36. The maximum Gasteiger partial charge on any atom is 0.159 e. The van der Waals surface area contributed by atoms with Gasteiger partial charge in [0.05, 0.1) is 11.4 Å². The minimum atomic E-state index is -0.243. The molecule has 13 rings (SSSR count). The largest absolute Gasteiger partial charge is 0.454 e. The fraction of sp³-hybridized carbons (Fsp3) is 0.164. The lowest BCUT2D eigenvalue weighted by Gasteiger charge is -2.26. The number of furan rings is 2. The molecular weight excluding hydrogens is 865 g/mol. The lowest BCUT2D eigenvalue weighted by Crippen LogP contribution is -2.15. The van der Waals surface area contributed by atoms with Gasteiger partial charge in [-0.05, 0) is 140 Å². The maximum atomic E-state index is 6.97. The van der Waals surface area contributed by atoms with Gasteiger partial charge in [0.2, 0.25) is 0 Å². The van der Waals surface area contributed by atoms with Crippen molar-refractivity contribution in [2.24, 2.45) is 0 Å². The van der Waals surface area contributed by atoms with E-state index in [1.165, 1.54) is 54.9 Å². The van der Waals surface area contributed by atoms with Gasteiger partial charge in [0.15, 0.2) is 11.2 Å². The van der Waals surface area contributed by atoms with E-state index in [4.69, 9.17) is 8.83 Å². The Hall–Kier alpha value is -8.08. The molecule has 0 atom stereocenters. The minimum Gasteiger partial charge on any atom is -0.454 e. The van der Waals surface area contributed by atoms with E-state index in [0.717, 1.165) is 78.0 Å². The smallest absolute Gasteiger partial charge is 0.159 e. The molecule has 4 heteroatoms. The van der Waals surface area contributed by atoms with E-state index in [-0.39, 0.29) is 16.2 Å². The Morgan fingerprint density at radius 3 is 1.11 bits per heavy atom. The van der Waals surface area contributed by atoms with E-state index >= 15 is 0 Å². The van der Waals surface area contributed by atoms with Crippen LogP contribution in [0, 0.1) is 0 Å². The molecule has 0 saturated heterocycles. The summed E-state index contributed by atoms with van der Waals surface area (Å²) in [7, 11) is 0. The van der Waals surface area contributed by atoms with Gasteiger partial charge < -0.3 is 18.6 Å². The van der Waals surface area contributed by atoms with Gasteiger partial charge in [0.25, 0.3) is 0 Å². The Morgan fingerprint density at radius 1 is 0.338 bits per heavy atom. The number of anilines is 6. The van der Waals surface area contributed by atoms with Crippen LogP contribution in [-0.2, 0) is 16.2 Å². The van der Waals surface area contributed by atoms with Crippen molar-refractivity contribution >= 4 is 99.5 Å². The van der Waals surface area contributed by atoms with Crippen molar-refractivity contribution in [3.63, 3.8) is 0 Å². The van der Waals surface area contributed by atoms with Crippen LogP contribution in [-0.4, -0.2) is 0 Å². The lowest BCUT2D eigenvalue weighted by molar-refractivity contribution is 0.572. The molecule has 0 N–H and O–H groups in total. The second-order valence-electron chi connectivity index (χ2n) is 22.2. The van der Waals surface area contributed by atoms with Gasteiger partial charge in [0, 0.05) is 60.8 Å². The molecule has 1 aliphatic rings. The predicted octanol–water partition coefficient (Wildman–Crippen LogP) is 19.6. The van der Waals surface area contributed by atoms with Crippen molar-refractivity contribution in [1.29, 1.82) is 0 Å². The molecule has 0 spiro atoms. The Morgan fingerprint density at radius 2 is 0.718 bits per heavy atom. The van der Waals surface area contributed by atoms with E-state index in [1.54, 1.807) is 0 Å². The molecule has 2 heterocycles. The van der Waals surface area contributed by atoms with Gasteiger partial charge in [0.1, 0.15) is 11.2 Å². The van der Waals surface area contributed by atoms with Gasteiger partial charge in [-0.1, -0.05) is 165 Å². The van der Waals surface area contributed by atoms with Crippen molar-refractivity contribution < 1.29 is 8.83 Å². The first-order valence-corrected chi connectivity index (χ1v) is 25.0. The number of fused-ring (bicyclic) bond motifs is 11. The topological polar surface area (TPSA) is 32.8 Å². The summed E-state index contributed by atoms with van der Waals surface area (Å²) >= 11 is 0. The summed E-state index contributed by atoms with van der Waals surface area (Å²) < 4.78 is 13.9. The van der Waals surface area contributed by atoms with Crippen LogP contribution < -0.4 is 9.80 Å². The molecule has 1 aliphatic carbocycles. The number of hydrogen-bond acceptors (Lipinski definition) is 4. The third kappa shape index (κ3) is 6.72. The molecule has 0 bridgehead atoms. The molecular formula is C67H56N2O2. The van der Waals surface area contributed by atoms with Crippen molar-refractivity contribution in [3.05, 3.63) is 216 Å². The summed E-state index contributed by atoms with van der Waals surface area (Å²) in [6.45, 7) is 18.3. The van der Waals surface area contributed by atoms with Crippen LogP contribution in [0.25, 0.3) is 76.5 Å². The lowest BCUT2D eigenvalue weighted by atomic mass is 9.81. The summed E-state index contributed by atoms with van der Waals surface area (Å²) in [4.78, 5) is 4.71. The average molecular weight is 921 g/mol. The molecule has 0 fully saturated rings. The molecule has 10 aromatic carbocycles. The first-order valence-electron chi connectivity index (χ1n) is 25.0. The third-order valence-corrected chi connectivity index (χ3v) is 15.2. The fourth-order valence-electron chi connectivity index (χ4n) is 11.6. The Labute approximate surface area is 415 Å². The zero-order chi connectivity index (χ0) is 48.6. The van der Waals surface area contributed by atoms with Gasteiger partial charge >= 0.3 is 0 Å². The Bertz CT molecular complexity index is 3840. The molecule has 0 radical (unpaired) electrons. The predicted molar refractivity (Wildman–Crippen MR) is 300 cm³/mol. The quantitative estimate of drug-likeness (QED) is 0.166. The van der Waals surface area contributed by atoms with E-state index in [1.807, 2.05) is 0 Å². The zero-order valence-electron chi connectivity index (χ0n) is 41.7. The van der Waals surface area contributed by atoms with Crippen LogP contribution in [0.4, 0.5) is 34.1 Å². The summed E-state index contributed by atoms with van der Waals surface area (Å²) in [5, 5.41) is 9.36. The monoisotopic (exact) mass is 920 g/mol. The van der Waals surface area contributed by atoms with Crippen molar-refractivity contribution in [2.75, 3.05) is 9.80 Å². The van der Waals surface area contributed by atoms with Crippen LogP contribution in [0.15, 0.2) is 203 Å². The zero-order valence-corrected chi connectivity index (χ0v) is 41.7. The number of nitrogens with zero attached hydrogens (tertiary/aromatic N) is 2. The van der Waals surface area contributed by atoms with Crippen LogP contribution in [0.1, 0.15) is 77.6 Å². The molecule has 0 saturated carbocycles. The number of para-hydroxylation sites is 6. The normalized spacial score (nSPS) is 13.5. The SMILES string of the molecule is CC(C)(C)c1cccc2c1oc1c(N(c3ccccc3)c3ccc4cc5c(cc4c3)C(C)(C)c3cc4cc(N(c6ccccc6)c6cccc7c6oc6c(C(C)(C)C)cccc67)ccc4cc3-5)cccc12. The van der Waals surface area contributed by atoms with Crippen LogP contribution >= 0.6 is 0 Å². The van der Waals surface area contributed by atoms with Gasteiger partial charge in [-0.2, -0.15) is 0 Å². The Balaban J connectivity index is 0.924. The number of hydrogen-bond donors (Lipinski definition) is 0. The van der Waals surface area contributed by atoms with Gasteiger partial charge in [-0.25, -0.2) is 0 Å². The van der Waals surface area contributed by atoms with Crippen molar-refractivity contribution in [3.8, 4) is 11.1 Å². The number of rotatable bonds is 6. The van der Waals surface area contributed by atoms with E-state index in [9.17, 15) is 0 Å². The van der Waals surface area contributed by atoms with Crippen LogP contribution in [0.2, 0.25) is 0 Å². The second-order valence-corrected chi connectivity index (χ2v) is 22.2. The van der Waals surface area contributed by atoms with Crippen molar-refractivity contribution in [2.45, 2.75) is 71.6 Å². The van der Waals surface area contributed by atoms with E-state index in [2.05, 4.69) is 259 Å². The highest BCUT2D eigenvalue weighted by Crippen LogP contribution is 2.53. The summed E-state index contributed by atoms with van der Waals surface area (Å²) in [5.74, 6) is 0. The summed E-state index contributed by atoms with van der Waals surface area (Å²) in [6.07, 6.45) is 0. The van der Waals surface area contributed by atoms with E-state index < -0.39 is 0 Å².